The lowest BCUT2D eigenvalue weighted by Crippen LogP contribution is -2.46. The van der Waals surface area contributed by atoms with Gasteiger partial charge in [0, 0.05) is 36.3 Å². The lowest BCUT2D eigenvalue weighted by Gasteiger charge is -2.26. The minimum Gasteiger partial charge on any atom is -0.354 e. The van der Waals surface area contributed by atoms with Crippen LogP contribution in [-0.2, 0) is 11.2 Å². The normalized spacial score (nSPS) is 17.0. The van der Waals surface area contributed by atoms with Crippen molar-refractivity contribution in [1.29, 1.82) is 0 Å². The van der Waals surface area contributed by atoms with Gasteiger partial charge in [0.1, 0.15) is 0 Å². The third-order valence-corrected chi connectivity index (χ3v) is 5.64. The zero-order valence-electron chi connectivity index (χ0n) is 14.8. The molecule has 0 radical (unpaired) electrons. The Balaban J connectivity index is 1.46. The van der Waals surface area contributed by atoms with E-state index in [1.165, 1.54) is 25.7 Å². The van der Waals surface area contributed by atoms with Gasteiger partial charge in [0.15, 0.2) is 0 Å². The summed E-state index contributed by atoms with van der Waals surface area (Å²) in [5, 5.41) is 6.19. The minimum absolute atomic E-state index is 0.0400. The van der Waals surface area contributed by atoms with E-state index in [9.17, 15) is 4.79 Å². The Morgan fingerprint density at radius 1 is 1.24 bits per heavy atom. The second kappa shape index (κ2) is 9.06. The molecule has 1 N–H and O–H groups in total. The van der Waals surface area contributed by atoms with Gasteiger partial charge >= 0.3 is 0 Å². The van der Waals surface area contributed by atoms with E-state index in [2.05, 4.69) is 25.6 Å². The molecule has 1 fully saturated rings. The SMILES string of the molecule is C[C@H](C(=O)NCCc1nc(-c2ccncc2)cs1)N1CCCCCC1. The summed E-state index contributed by atoms with van der Waals surface area (Å²) in [6.45, 7) is 4.73. The van der Waals surface area contributed by atoms with Crippen molar-refractivity contribution >= 4 is 17.2 Å². The quantitative estimate of drug-likeness (QED) is 0.862. The van der Waals surface area contributed by atoms with Gasteiger partial charge in [-0.25, -0.2) is 4.98 Å². The van der Waals surface area contributed by atoms with Gasteiger partial charge in [0.2, 0.25) is 5.91 Å². The highest BCUT2D eigenvalue weighted by atomic mass is 32.1. The fourth-order valence-corrected chi connectivity index (χ4v) is 3.98. The number of aromatic nitrogens is 2. The Kier molecular flexibility index (Phi) is 6.53. The number of pyridine rings is 1. The van der Waals surface area contributed by atoms with Crippen LogP contribution in [0, 0.1) is 0 Å². The van der Waals surface area contributed by atoms with Gasteiger partial charge in [0.25, 0.3) is 0 Å². The van der Waals surface area contributed by atoms with Crippen molar-refractivity contribution in [3.8, 4) is 11.3 Å². The maximum Gasteiger partial charge on any atom is 0.237 e. The third-order valence-electron chi connectivity index (χ3n) is 4.73. The first-order valence-corrected chi connectivity index (χ1v) is 9.98. The average molecular weight is 359 g/mol. The van der Waals surface area contributed by atoms with Crippen LogP contribution in [0.15, 0.2) is 29.9 Å². The standard InChI is InChI=1S/C19H26N4OS/c1-15(23-12-4-2-3-5-13-23)19(24)21-11-8-18-22-17(14-25-18)16-6-9-20-10-7-16/h6-7,9-10,14-15H,2-5,8,11-13H2,1H3,(H,21,24)/t15-/m1/s1. The number of amides is 1. The van der Waals surface area contributed by atoms with Crippen LogP contribution in [0.3, 0.4) is 0 Å². The molecule has 6 heteroatoms. The highest BCUT2D eigenvalue weighted by Gasteiger charge is 2.21. The molecule has 2 aromatic rings. The summed E-state index contributed by atoms with van der Waals surface area (Å²) >= 11 is 1.64. The summed E-state index contributed by atoms with van der Waals surface area (Å²) in [7, 11) is 0. The highest BCUT2D eigenvalue weighted by Crippen LogP contribution is 2.21. The summed E-state index contributed by atoms with van der Waals surface area (Å²) in [6.07, 6.45) is 9.30. The van der Waals surface area contributed by atoms with Crippen LogP contribution in [0.25, 0.3) is 11.3 Å². The topological polar surface area (TPSA) is 58.1 Å². The number of thiazole rings is 1. The van der Waals surface area contributed by atoms with Crippen LogP contribution in [0.4, 0.5) is 0 Å². The van der Waals surface area contributed by atoms with Crippen LogP contribution >= 0.6 is 11.3 Å². The molecule has 25 heavy (non-hydrogen) atoms. The van der Waals surface area contributed by atoms with E-state index < -0.39 is 0 Å². The Morgan fingerprint density at radius 3 is 2.68 bits per heavy atom. The smallest absolute Gasteiger partial charge is 0.237 e. The average Bonchev–Trinajstić information content (AvgIpc) is 2.95. The van der Waals surface area contributed by atoms with E-state index in [0.717, 1.165) is 35.8 Å². The van der Waals surface area contributed by atoms with E-state index in [4.69, 9.17) is 0 Å². The van der Waals surface area contributed by atoms with Gasteiger partial charge in [-0.2, -0.15) is 0 Å². The van der Waals surface area contributed by atoms with Crippen LogP contribution in [0.5, 0.6) is 0 Å². The van der Waals surface area contributed by atoms with Gasteiger partial charge in [-0.15, -0.1) is 11.3 Å². The lowest BCUT2D eigenvalue weighted by atomic mass is 10.2. The van der Waals surface area contributed by atoms with E-state index in [1.54, 1.807) is 23.7 Å². The summed E-state index contributed by atoms with van der Waals surface area (Å²) in [5.74, 6) is 0.132. The van der Waals surface area contributed by atoms with Crippen molar-refractivity contribution in [1.82, 2.24) is 20.2 Å². The van der Waals surface area contributed by atoms with Crippen molar-refractivity contribution in [2.45, 2.75) is 45.1 Å². The van der Waals surface area contributed by atoms with Crippen LogP contribution in [-0.4, -0.2) is 46.5 Å². The molecule has 0 saturated carbocycles. The van der Waals surface area contributed by atoms with E-state index in [-0.39, 0.29) is 11.9 Å². The van der Waals surface area contributed by atoms with Crippen LogP contribution < -0.4 is 5.32 Å². The summed E-state index contributed by atoms with van der Waals surface area (Å²) < 4.78 is 0. The molecule has 0 unspecified atom stereocenters. The molecule has 0 aliphatic carbocycles. The van der Waals surface area contributed by atoms with Crippen LogP contribution in [0.2, 0.25) is 0 Å². The van der Waals surface area contributed by atoms with Gasteiger partial charge < -0.3 is 5.32 Å². The molecule has 0 spiro atoms. The fraction of sp³-hybridized carbons (Fsp3) is 0.526. The molecule has 5 nitrogen and oxygen atoms in total. The number of rotatable bonds is 6. The molecule has 3 heterocycles. The fourth-order valence-electron chi connectivity index (χ4n) is 3.17. The van der Waals surface area contributed by atoms with Crippen molar-refractivity contribution in [3.63, 3.8) is 0 Å². The molecule has 2 aromatic heterocycles. The number of hydrogen-bond donors (Lipinski definition) is 1. The summed E-state index contributed by atoms with van der Waals surface area (Å²) in [6, 6.07) is 3.88. The largest absolute Gasteiger partial charge is 0.354 e. The molecule has 1 saturated heterocycles. The number of likely N-dealkylation sites (tertiary alicyclic amines) is 1. The van der Waals surface area contributed by atoms with Gasteiger partial charge in [0.05, 0.1) is 16.7 Å². The molecule has 3 rings (SSSR count). The van der Waals surface area contributed by atoms with E-state index in [0.29, 0.717) is 6.54 Å². The number of hydrogen-bond acceptors (Lipinski definition) is 5. The maximum atomic E-state index is 12.4. The highest BCUT2D eigenvalue weighted by molar-refractivity contribution is 7.09. The molecule has 1 aliphatic rings. The molecule has 1 amide bonds. The van der Waals surface area contributed by atoms with Crippen molar-refractivity contribution in [3.05, 3.63) is 34.9 Å². The second-order valence-electron chi connectivity index (χ2n) is 6.53. The molecular formula is C19H26N4OS. The molecule has 0 aromatic carbocycles. The predicted molar refractivity (Wildman–Crippen MR) is 102 cm³/mol. The Bertz CT molecular complexity index is 665. The summed E-state index contributed by atoms with van der Waals surface area (Å²) in [5.41, 5.74) is 2.06. The summed E-state index contributed by atoms with van der Waals surface area (Å²) in [4.78, 5) is 23.4. The Hall–Kier alpha value is -1.79. The third kappa shape index (κ3) is 5.09. The number of carbonyl (C=O) groups excluding carboxylic acids is 1. The zero-order chi connectivity index (χ0) is 17.5. The first-order chi connectivity index (χ1) is 12.2. The number of nitrogens with one attached hydrogen (secondary N) is 1. The first kappa shape index (κ1) is 18.0. The van der Waals surface area contributed by atoms with Crippen molar-refractivity contribution in [2.24, 2.45) is 0 Å². The molecule has 1 aliphatic heterocycles. The van der Waals surface area contributed by atoms with Crippen LogP contribution in [0.1, 0.15) is 37.6 Å². The monoisotopic (exact) mass is 358 g/mol. The minimum atomic E-state index is -0.0400. The van der Waals surface area contributed by atoms with E-state index >= 15 is 0 Å². The molecule has 0 bridgehead atoms. The molecule has 1 atom stereocenters. The molecule has 134 valence electrons. The zero-order valence-corrected chi connectivity index (χ0v) is 15.6. The first-order valence-electron chi connectivity index (χ1n) is 9.10. The number of carbonyl (C=O) groups is 1. The second-order valence-corrected chi connectivity index (χ2v) is 7.47. The molecular weight excluding hydrogens is 332 g/mol. The Labute approximate surface area is 153 Å². The lowest BCUT2D eigenvalue weighted by molar-refractivity contribution is -0.125. The predicted octanol–water partition coefficient (Wildman–Crippen LogP) is 3.13. The van der Waals surface area contributed by atoms with E-state index in [1.807, 2.05) is 19.1 Å². The van der Waals surface area contributed by atoms with Crippen molar-refractivity contribution in [2.75, 3.05) is 19.6 Å². The van der Waals surface area contributed by atoms with Gasteiger partial charge in [-0.05, 0) is 45.0 Å². The van der Waals surface area contributed by atoms with Crippen molar-refractivity contribution < 1.29 is 4.79 Å². The Morgan fingerprint density at radius 2 is 1.96 bits per heavy atom. The van der Waals surface area contributed by atoms with Gasteiger partial charge in [-0.1, -0.05) is 12.8 Å². The maximum absolute atomic E-state index is 12.4. The number of nitrogens with zero attached hydrogens (tertiary/aromatic N) is 3. The van der Waals surface area contributed by atoms with Gasteiger partial charge in [-0.3, -0.25) is 14.7 Å².